The summed E-state index contributed by atoms with van der Waals surface area (Å²) in [5, 5.41) is 2.81. The third-order valence-corrected chi connectivity index (χ3v) is 2.93. The van der Waals surface area contributed by atoms with Crippen LogP contribution in [0, 0.1) is 5.92 Å². The van der Waals surface area contributed by atoms with Gasteiger partial charge in [0.15, 0.2) is 5.17 Å². The summed E-state index contributed by atoms with van der Waals surface area (Å²) in [7, 11) is 0. The predicted molar refractivity (Wildman–Crippen MR) is 80.6 cm³/mol. The first-order valence-corrected chi connectivity index (χ1v) is 7.39. The maximum Gasteiger partial charge on any atom is 0.436 e. The Bertz CT molecular complexity index is 486. The maximum absolute atomic E-state index is 11.6. The number of carbonyl (C=O) groups excluding carboxylic acids is 2. The number of ether oxygens (including phenoxy) is 1. The number of benzene rings is 1. The number of carbonyl (C=O) groups is 2. The van der Waals surface area contributed by atoms with Crippen LogP contribution in [0.4, 0.5) is 4.79 Å². The van der Waals surface area contributed by atoms with Gasteiger partial charge in [-0.2, -0.15) is 4.99 Å². The molecule has 1 aromatic rings. The standard InChI is InChI=1S/C14H18N2O3S/c1-10(2)12(17)15-13(20-3)16-14(18)19-9-11-7-5-4-6-8-11/h4-8,10H,9H2,1-3H3,(H,15,16,17,18). The van der Waals surface area contributed by atoms with Gasteiger partial charge in [-0.3, -0.25) is 4.79 Å². The van der Waals surface area contributed by atoms with Crippen LogP contribution in [-0.4, -0.2) is 23.4 Å². The minimum absolute atomic E-state index is 0.156. The van der Waals surface area contributed by atoms with Crippen molar-refractivity contribution in [3.63, 3.8) is 0 Å². The van der Waals surface area contributed by atoms with E-state index < -0.39 is 6.09 Å². The largest absolute Gasteiger partial charge is 0.443 e. The molecule has 0 aliphatic carbocycles. The van der Waals surface area contributed by atoms with Gasteiger partial charge in [0.05, 0.1) is 0 Å². The second-order valence-corrected chi connectivity index (χ2v) is 5.10. The molecule has 0 radical (unpaired) electrons. The SMILES string of the molecule is CS/C(=N\C(=O)OCc1ccccc1)NC(=O)C(C)C. The molecule has 0 atom stereocenters. The van der Waals surface area contributed by atoms with Crippen molar-refractivity contribution in [1.82, 2.24) is 5.32 Å². The molecule has 0 bridgehead atoms. The lowest BCUT2D eigenvalue weighted by molar-refractivity contribution is -0.122. The van der Waals surface area contributed by atoms with Crippen LogP contribution in [-0.2, 0) is 16.1 Å². The molecule has 5 nitrogen and oxygen atoms in total. The molecular weight excluding hydrogens is 276 g/mol. The average molecular weight is 294 g/mol. The molecule has 108 valence electrons. The van der Waals surface area contributed by atoms with Gasteiger partial charge in [0.1, 0.15) is 6.61 Å². The van der Waals surface area contributed by atoms with Crippen molar-refractivity contribution in [2.45, 2.75) is 20.5 Å². The fraction of sp³-hybridized carbons (Fsp3) is 0.357. The van der Waals surface area contributed by atoms with E-state index in [0.29, 0.717) is 0 Å². The first kappa shape index (κ1) is 16.2. The molecule has 0 unspecified atom stereocenters. The van der Waals surface area contributed by atoms with Gasteiger partial charge in [-0.1, -0.05) is 55.9 Å². The molecule has 1 N–H and O–H groups in total. The van der Waals surface area contributed by atoms with Crippen molar-refractivity contribution in [2.75, 3.05) is 6.26 Å². The second kappa shape index (κ2) is 8.37. The van der Waals surface area contributed by atoms with E-state index in [1.807, 2.05) is 30.3 Å². The number of nitrogens with zero attached hydrogens (tertiary/aromatic N) is 1. The van der Waals surface area contributed by atoms with Crippen molar-refractivity contribution in [3.8, 4) is 0 Å². The van der Waals surface area contributed by atoms with Crippen molar-refractivity contribution < 1.29 is 14.3 Å². The summed E-state index contributed by atoms with van der Waals surface area (Å²) in [5.41, 5.74) is 0.882. The van der Waals surface area contributed by atoms with Gasteiger partial charge in [-0.05, 0) is 11.8 Å². The van der Waals surface area contributed by atoms with E-state index in [-0.39, 0.29) is 23.6 Å². The van der Waals surface area contributed by atoms with Gasteiger partial charge < -0.3 is 10.1 Å². The molecular formula is C14H18N2O3S. The molecule has 0 aliphatic heterocycles. The molecule has 0 saturated carbocycles. The molecule has 20 heavy (non-hydrogen) atoms. The van der Waals surface area contributed by atoms with Crippen LogP contribution in [0.15, 0.2) is 35.3 Å². The lowest BCUT2D eigenvalue weighted by Crippen LogP contribution is -2.32. The van der Waals surface area contributed by atoms with Gasteiger partial charge in [0.2, 0.25) is 5.91 Å². The van der Waals surface area contributed by atoms with Crippen molar-refractivity contribution >= 4 is 28.9 Å². The number of rotatable bonds is 3. The minimum Gasteiger partial charge on any atom is -0.443 e. The summed E-state index contributed by atoms with van der Waals surface area (Å²) < 4.78 is 5.01. The Morgan fingerprint density at radius 3 is 2.50 bits per heavy atom. The third-order valence-electron chi connectivity index (χ3n) is 2.35. The van der Waals surface area contributed by atoms with Crippen LogP contribution < -0.4 is 5.32 Å². The highest BCUT2D eigenvalue weighted by Gasteiger charge is 2.11. The van der Waals surface area contributed by atoms with Gasteiger partial charge in [-0.15, -0.1) is 0 Å². The van der Waals surface area contributed by atoms with Crippen LogP contribution >= 0.6 is 11.8 Å². The Morgan fingerprint density at radius 2 is 1.95 bits per heavy atom. The van der Waals surface area contributed by atoms with E-state index in [4.69, 9.17) is 4.74 Å². The van der Waals surface area contributed by atoms with E-state index in [2.05, 4.69) is 10.3 Å². The zero-order valence-electron chi connectivity index (χ0n) is 11.8. The summed E-state index contributed by atoms with van der Waals surface area (Å²) in [6, 6.07) is 9.32. The lowest BCUT2D eigenvalue weighted by Gasteiger charge is -2.08. The van der Waals surface area contributed by atoms with Crippen LogP contribution in [0.1, 0.15) is 19.4 Å². The molecule has 0 saturated heterocycles. The lowest BCUT2D eigenvalue weighted by atomic mass is 10.2. The molecule has 0 spiro atoms. The molecule has 0 fully saturated rings. The number of aliphatic imine (C=N–C) groups is 1. The summed E-state index contributed by atoms with van der Waals surface area (Å²) in [6.07, 6.45) is 1.01. The molecule has 6 heteroatoms. The molecule has 1 aromatic carbocycles. The van der Waals surface area contributed by atoms with E-state index in [0.717, 1.165) is 5.56 Å². The zero-order valence-corrected chi connectivity index (χ0v) is 12.6. The molecule has 1 rings (SSSR count). The molecule has 0 heterocycles. The van der Waals surface area contributed by atoms with E-state index in [1.165, 1.54) is 11.8 Å². The second-order valence-electron chi connectivity index (χ2n) is 4.31. The van der Waals surface area contributed by atoms with Crippen LogP contribution in [0.2, 0.25) is 0 Å². The van der Waals surface area contributed by atoms with Crippen LogP contribution in [0.25, 0.3) is 0 Å². The average Bonchev–Trinajstić information content (AvgIpc) is 2.45. The Hall–Kier alpha value is -1.82. The Labute approximate surface area is 122 Å². The highest BCUT2D eigenvalue weighted by atomic mass is 32.2. The normalized spacial score (nSPS) is 11.3. The topological polar surface area (TPSA) is 67.8 Å². The highest BCUT2D eigenvalue weighted by Crippen LogP contribution is 2.04. The highest BCUT2D eigenvalue weighted by molar-refractivity contribution is 8.13. The third kappa shape index (κ3) is 5.88. The Balaban J connectivity index is 2.53. The van der Waals surface area contributed by atoms with Gasteiger partial charge in [0, 0.05) is 5.92 Å². The summed E-state index contributed by atoms with van der Waals surface area (Å²) in [5.74, 6) is -0.360. The fourth-order valence-corrected chi connectivity index (χ4v) is 1.58. The number of amidine groups is 1. The number of amides is 2. The maximum atomic E-state index is 11.6. The zero-order chi connectivity index (χ0) is 15.0. The Kier molecular flexibility index (Phi) is 6.79. The van der Waals surface area contributed by atoms with Gasteiger partial charge in [0.25, 0.3) is 0 Å². The van der Waals surface area contributed by atoms with Gasteiger partial charge in [-0.25, -0.2) is 4.79 Å². The number of thioether (sulfide) groups is 1. The van der Waals surface area contributed by atoms with E-state index in [9.17, 15) is 9.59 Å². The number of nitrogens with one attached hydrogen (secondary N) is 1. The van der Waals surface area contributed by atoms with Crippen LogP contribution in [0.5, 0.6) is 0 Å². The Morgan fingerprint density at radius 1 is 1.30 bits per heavy atom. The minimum atomic E-state index is -0.720. The first-order valence-electron chi connectivity index (χ1n) is 6.17. The summed E-state index contributed by atoms with van der Waals surface area (Å²) in [4.78, 5) is 26.8. The monoisotopic (exact) mass is 294 g/mol. The molecule has 0 aliphatic rings. The van der Waals surface area contributed by atoms with Crippen molar-refractivity contribution in [2.24, 2.45) is 10.9 Å². The van der Waals surface area contributed by atoms with Crippen LogP contribution in [0.3, 0.4) is 0 Å². The first-order chi connectivity index (χ1) is 9.52. The fourth-order valence-electron chi connectivity index (χ4n) is 1.21. The molecule has 2 amide bonds. The van der Waals surface area contributed by atoms with E-state index >= 15 is 0 Å². The smallest absolute Gasteiger partial charge is 0.436 e. The number of hydrogen-bond acceptors (Lipinski definition) is 4. The number of hydrogen-bond donors (Lipinski definition) is 1. The van der Waals surface area contributed by atoms with E-state index in [1.54, 1.807) is 20.1 Å². The quantitative estimate of drug-likeness (QED) is 0.687. The van der Waals surface area contributed by atoms with Crippen molar-refractivity contribution in [3.05, 3.63) is 35.9 Å². The van der Waals surface area contributed by atoms with Gasteiger partial charge >= 0.3 is 6.09 Å². The summed E-state index contributed by atoms with van der Waals surface area (Å²) in [6.45, 7) is 3.69. The predicted octanol–water partition coefficient (Wildman–Crippen LogP) is 2.81. The summed E-state index contributed by atoms with van der Waals surface area (Å²) >= 11 is 1.18. The van der Waals surface area contributed by atoms with Crippen molar-refractivity contribution in [1.29, 1.82) is 0 Å². The molecule has 0 aromatic heterocycles.